The van der Waals surface area contributed by atoms with Crippen molar-refractivity contribution in [2.45, 2.75) is 46.2 Å². The van der Waals surface area contributed by atoms with Gasteiger partial charge < -0.3 is 10.2 Å². The zero-order chi connectivity index (χ0) is 22.3. The highest BCUT2D eigenvalue weighted by Gasteiger charge is 2.29. The molecule has 0 aliphatic rings. The monoisotopic (exact) mass is 452 g/mol. The fourth-order valence-corrected chi connectivity index (χ4v) is 3.59. The molecule has 2 amide bonds. The molecule has 30 heavy (non-hydrogen) atoms. The predicted molar refractivity (Wildman–Crippen MR) is 119 cm³/mol. The molecule has 4 nitrogen and oxygen atoms in total. The van der Waals surface area contributed by atoms with Crippen molar-refractivity contribution in [1.82, 2.24) is 10.2 Å². The van der Waals surface area contributed by atoms with Gasteiger partial charge in [0, 0.05) is 28.7 Å². The molecule has 2 aromatic rings. The van der Waals surface area contributed by atoms with Crippen LogP contribution in [0.5, 0.6) is 0 Å². The number of hydrogen-bond acceptors (Lipinski definition) is 2. The summed E-state index contributed by atoms with van der Waals surface area (Å²) in [6.45, 7) is 6.48. The average molecular weight is 453 g/mol. The number of nitrogens with zero attached hydrogens (tertiary/aromatic N) is 1. The van der Waals surface area contributed by atoms with E-state index in [1.54, 1.807) is 30.3 Å². The fraction of sp³-hybridized carbons (Fsp3) is 0.391. The van der Waals surface area contributed by atoms with Crippen LogP contribution < -0.4 is 5.32 Å². The van der Waals surface area contributed by atoms with Crippen molar-refractivity contribution in [3.63, 3.8) is 0 Å². The van der Waals surface area contributed by atoms with Gasteiger partial charge in [0.15, 0.2) is 0 Å². The first-order chi connectivity index (χ1) is 14.2. The SMILES string of the molecule is CC[C@@H](C(=O)NCC(C)C)N(Cc1c(Cl)cccc1Cl)C(=O)Cc1ccc(F)cc1. The molecule has 0 spiro atoms. The van der Waals surface area contributed by atoms with Crippen LogP contribution in [0.3, 0.4) is 0 Å². The lowest BCUT2D eigenvalue weighted by atomic mass is 10.1. The van der Waals surface area contributed by atoms with Crippen LogP contribution in [0.2, 0.25) is 10.0 Å². The number of halogens is 3. The van der Waals surface area contributed by atoms with Crippen LogP contribution in [-0.4, -0.2) is 29.3 Å². The summed E-state index contributed by atoms with van der Waals surface area (Å²) >= 11 is 12.6. The lowest BCUT2D eigenvalue weighted by Crippen LogP contribution is -2.50. The number of carbonyl (C=O) groups excluding carboxylic acids is 2. The van der Waals surface area contributed by atoms with E-state index in [1.807, 2.05) is 20.8 Å². The van der Waals surface area contributed by atoms with Crippen LogP contribution in [0.1, 0.15) is 38.3 Å². The number of amides is 2. The second kappa shape index (κ2) is 11.3. The van der Waals surface area contributed by atoms with Gasteiger partial charge in [-0.05, 0) is 42.2 Å². The third-order valence-corrected chi connectivity index (χ3v) is 5.44. The molecule has 2 aromatic carbocycles. The molecule has 0 aliphatic heterocycles. The summed E-state index contributed by atoms with van der Waals surface area (Å²) in [6.07, 6.45) is 0.470. The van der Waals surface area contributed by atoms with E-state index in [2.05, 4.69) is 5.32 Å². The van der Waals surface area contributed by atoms with Crippen molar-refractivity contribution >= 4 is 35.0 Å². The molecule has 0 aliphatic carbocycles. The lowest BCUT2D eigenvalue weighted by molar-refractivity contribution is -0.141. The Hall–Kier alpha value is -2.11. The summed E-state index contributed by atoms with van der Waals surface area (Å²) in [7, 11) is 0. The maximum atomic E-state index is 13.2. The topological polar surface area (TPSA) is 49.4 Å². The molecule has 0 aromatic heterocycles. The third kappa shape index (κ3) is 6.71. The molecule has 1 atom stereocenters. The van der Waals surface area contributed by atoms with Gasteiger partial charge in [0.1, 0.15) is 11.9 Å². The quantitative estimate of drug-likeness (QED) is 0.564. The van der Waals surface area contributed by atoms with Gasteiger partial charge >= 0.3 is 0 Å². The van der Waals surface area contributed by atoms with Gasteiger partial charge in [0.2, 0.25) is 11.8 Å². The minimum absolute atomic E-state index is 0.0380. The normalized spacial score (nSPS) is 12.0. The number of rotatable bonds is 9. The number of hydrogen-bond donors (Lipinski definition) is 1. The molecule has 162 valence electrons. The Morgan fingerprint density at radius 2 is 1.67 bits per heavy atom. The molecule has 2 rings (SSSR count). The third-order valence-electron chi connectivity index (χ3n) is 4.73. The van der Waals surface area contributed by atoms with Crippen molar-refractivity contribution in [2.24, 2.45) is 5.92 Å². The van der Waals surface area contributed by atoms with Crippen LogP contribution >= 0.6 is 23.2 Å². The van der Waals surface area contributed by atoms with Crippen molar-refractivity contribution in [3.05, 3.63) is 69.5 Å². The minimum Gasteiger partial charge on any atom is -0.354 e. The Labute approximate surface area is 187 Å². The van der Waals surface area contributed by atoms with E-state index in [9.17, 15) is 14.0 Å². The van der Waals surface area contributed by atoms with E-state index in [0.717, 1.165) is 0 Å². The van der Waals surface area contributed by atoms with Crippen molar-refractivity contribution < 1.29 is 14.0 Å². The van der Waals surface area contributed by atoms with Gasteiger partial charge in [-0.2, -0.15) is 0 Å². The van der Waals surface area contributed by atoms with Crippen LogP contribution in [0.15, 0.2) is 42.5 Å². The van der Waals surface area contributed by atoms with Crippen LogP contribution in [0.4, 0.5) is 4.39 Å². The molecule has 0 saturated carbocycles. The number of nitrogens with one attached hydrogen (secondary N) is 1. The van der Waals surface area contributed by atoms with Gasteiger partial charge in [0.25, 0.3) is 0 Å². The average Bonchev–Trinajstić information content (AvgIpc) is 2.70. The first kappa shape index (κ1) is 24.2. The largest absolute Gasteiger partial charge is 0.354 e. The summed E-state index contributed by atoms with van der Waals surface area (Å²) in [5.74, 6) is -0.566. The van der Waals surface area contributed by atoms with Crippen LogP contribution in [0.25, 0.3) is 0 Å². The summed E-state index contributed by atoms with van der Waals surface area (Å²) in [6, 6.07) is 10.2. The molecule has 0 heterocycles. The summed E-state index contributed by atoms with van der Waals surface area (Å²) in [5.41, 5.74) is 1.25. The van der Waals surface area contributed by atoms with Gasteiger partial charge in [-0.3, -0.25) is 9.59 Å². The second-order valence-electron chi connectivity index (χ2n) is 7.59. The summed E-state index contributed by atoms with van der Waals surface area (Å²) in [5, 5.41) is 3.77. The van der Waals surface area contributed by atoms with Crippen molar-refractivity contribution in [3.8, 4) is 0 Å². The number of benzene rings is 2. The molecule has 0 fully saturated rings. The summed E-state index contributed by atoms with van der Waals surface area (Å²) in [4.78, 5) is 27.6. The van der Waals surface area contributed by atoms with E-state index in [1.165, 1.54) is 17.0 Å². The molecule has 0 saturated heterocycles. The molecule has 0 unspecified atom stereocenters. The van der Waals surface area contributed by atoms with Crippen LogP contribution in [0, 0.1) is 11.7 Å². The van der Waals surface area contributed by atoms with Crippen LogP contribution in [-0.2, 0) is 22.6 Å². The lowest BCUT2D eigenvalue weighted by Gasteiger charge is -2.31. The fourth-order valence-electron chi connectivity index (χ4n) is 3.07. The maximum Gasteiger partial charge on any atom is 0.242 e. The van der Waals surface area contributed by atoms with E-state index in [4.69, 9.17) is 23.2 Å². The zero-order valence-electron chi connectivity index (χ0n) is 17.4. The molecule has 1 N–H and O–H groups in total. The summed E-state index contributed by atoms with van der Waals surface area (Å²) < 4.78 is 13.2. The first-order valence-electron chi connectivity index (χ1n) is 9.97. The minimum atomic E-state index is -0.677. The Balaban J connectivity index is 2.33. The Bertz CT molecular complexity index is 852. The highest BCUT2D eigenvalue weighted by molar-refractivity contribution is 6.36. The molecule has 7 heteroatoms. The predicted octanol–water partition coefficient (Wildman–Crippen LogP) is 5.25. The van der Waals surface area contributed by atoms with E-state index in [-0.39, 0.29) is 36.5 Å². The standard InChI is InChI=1S/C23H27Cl2FN2O2/c1-4-21(23(30)27-13-15(2)3)28(14-18-19(24)6-5-7-20(18)25)22(29)12-16-8-10-17(26)11-9-16/h5-11,15,21H,4,12-14H2,1-3H3,(H,27,30)/t21-/m0/s1. The van der Waals surface area contributed by atoms with Crippen molar-refractivity contribution in [1.29, 1.82) is 0 Å². The number of carbonyl (C=O) groups is 2. The first-order valence-corrected chi connectivity index (χ1v) is 10.7. The highest BCUT2D eigenvalue weighted by Crippen LogP contribution is 2.27. The Morgan fingerprint density at radius 3 is 2.20 bits per heavy atom. The van der Waals surface area contributed by atoms with Gasteiger partial charge in [0.05, 0.1) is 6.42 Å². The highest BCUT2D eigenvalue weighted by atomic mass is 35.5. The zero-order valence-corrected chi connectivity index (χ0v) is 18.9. The van der Waals surface area contributed by atoms with Gasteiger partial charge in [-0.15, -0.1) is 0 Å². The second-order valence-corrected chi connectivity index (χ2v) is 8.40. The van der Waals surface area contributed by atoms with Gasteiger partial charge in [-0.1, -0.05) is 62.2 Å². The Morgan fingerprint density at radius 1 is 1.07 bits per heavy atom. The molecular weight excluding hydrogens is 426 g/mol. The van der Waals surface area contributed by atoms with E-state index in [0.29, 0.717) is 34.1 Å². The van der Waals surface area contributed by atoms with E-state index < -0.39 is 6.04 Å². The Kier molecular flexibility index (Phi) is 9.12. The van der Waals surface area contributed by atoms with Crippen molar-refractivity contribution in [2.75, 3.05) is 6.54 Å². The van der Waals surface area contributed by atoms with Gasteiger partial charge in [-0.25, -0.2) is 4.39 Å². The maximum absolute atomic E-state index is 13.2. The molecular formula is C23H27Cl2FN2O2. The molecule has 0 bridgehead atoms. The smallest absolute Gasteiger partial charge is 0.242 e. The molecule has 0 radical (unpaired) electrons. The van der Waals surface area contributed by atoms with E-state index >= 15 is 0 Å².